The smallest absolute Gasteiger partial charge is 0.181 e. The first-order valence-corrected chi connectivity index (χ1v) is 8.34. The van der Waals surface area contributed by atoms with Crippen LogP contribution in [0.4, 0.5) is 5.69 Å². The third kappa shape index (κ3) is 3.47. The molecule has 1 N–H and O–H groups in total. The molecular weight excluding hydrogens is 314 g/mol. The molecule has 0 bridgehead atoms. The summed E-state index contributed by atoms with van der Waals surface area (Å²) in [6.07, 6.45) is 0.831. The number of methoxy groups -OCH3 is 1. The number of rotatable bonds is 6. The monoisotopic (exact) mass is 337 g/mol. The van der Waals surface area contributed by atoms with Crippen LogP contribution in [0.2, 0.25) is 0 Å². The van der Waals surface area contributed by atoms with Crippen molar-refractivity contribution in [2.75, 3.05) is 12.4 Å². The highest BCUT2D eigenvalue weighted by Crippen LogP contribution is 2.29. The Morgan fingerprint density at radius 1 is 1.08 bits per heavy atom. The van der Waals surface area contributed by atoms with Crippen molar-refractivity contribution in [1.29, 1.82) is 0 Å². The zero-order chi connectivity index (χ0) is 17.9. The van der Waals surface area contributed by atoms with Crippen LogP contribution in [0, 0.1) is 6.92 Å². The van der Waals surface area contributed by atoms with Crippen molar-refractivity contribution in [3.05, 3.63) is 59.9 Å². The van der Waals surface area contributed by atoms with Crippen LogP contribution in [0.5, 0.6) is 5.75 Å². The first-order valence-electron chi connectivity index (χ1n) is 8.34. The minimum atomic E-state index is -0.404. The van der Waals surface area contributed by atoms with Crippen LogP contribution in [0.15, 0.2) is 48.5 Å². The molecule has 3 rings (SSSR count). The van der Waals surface area contributed by atoms with Gasteiger partial charge >= 0.3 is 0 Å². The first-order chi connectivity index (χ1) is 12.1. The zero-order valence-electron chi connectivity index (χ0n) is 15.0. The second kappa shape index (κ2) is 6.93. The maximum absolute atomic E-state index is 5.22. The van der Waals surface area contributed by atoms with Crippen LogP contribution < -0.4 is 10.1 Å². The lowest BCUT2D eigenvalue weighted by atomic mass is 9.96. The van der Waals surface area contributed by atoms with E-state index in [2.05, 4.69) is 65.9 Å². The minimum absolute atomic E-state index is 0.404. The molecule has 130 valence electrons. The van der Waals surface area contributed by atoms with E-state index in [0.717, 1.165) is 29.4 Å². The fourth-order valence-electron chi connectivity index (χ4n) is 2.69. The number of benzene rings is 2. The van der Waals surface area contributed by atoms with Crippen LogP contribution in [-0.4, -0.2) is 27.3 Å². The van der Waals surface area contributed by atoms with E-state index in [0.29, 0.717) is 0 Å². The molecule has 1 atom stereocenters. The van der Waals surface area contributed by atoms with E-state index >= 15 is 0 Å². The summed E-state index contributed by atoms with van der Waals surface area (Å²) in [6.45, 7) is 6.31. The van der Waals surface area contributed by atoms with Crippen molar-refractivity contribution in [3.8, 4) is 11.4 Å². The number of aryl methyl sites for hydroxylation is 1. The molecule has 0 saturated carbocycles. The van der Waals surface area contributed by atoms with Crippen molar-refractivity contribution >= 4 is 5.69 Å². The van der Waals surface area contributed by atoms with Gasteiger partial charge in [-0.1, -0.05) is 24.6 Å². The Morgan fingerprint density at radius 3 is 2.36 bits per heavy atom. The molecular formula is C19H23N5O. The Kier molecular flexibility index (Phi) is 4.70. The average Bonchev–Trinajstić information content (AvgIpc) is 3.14. The van der Waals surface area contributed by atoms with Crippen LogP contribution >= 0.6 is 0 Å². The van der Waals surface area contributed by atoms with E-state index in [1.54, 1.807) is 11.8 Å². The Labute approximate surface area is 147 Å². The standard InChI is InChI=1S/C19H23N5O/c1-5-19(3,20-15-8-6-14(2)7-9-15)18-21-22-23-24(18)16-10-12-17(25-4)13-11-16/h6-13,20H,5H2,1-4H3/t19-/m1/s1. The third-order valence-corrected chi connectivity index (χ3v) is 4.46. The summed E-state index contributed by atoms with van der Waals surface area (Å²) in [6, 6.07) is 16.0. The fourth-order valence-corrected chi connectivity index (χ4v) is 2.69. The second-order valence-corrected chi connectivity index (χ2v) is 6.29. The molecule has 0 aliphatic carbocycles. The molecule has 6 heteroatoms. The number of hydrogen-bond acceptors (Lipinski definition) is 5. The molecule has 3 aromatic rings. The summed E-state index contributed by atoms with van der Waals surface area (Å²) in [5.41, 5.74) is 2.76. The molecule has 0 spiro atoms. The molecule has 2 aromatic carbocycles. The summed E-state index contributed by atoms with van der Waals surface area (Å²) < 4.78 is 6.99. The van der Waals surface area contributed by atoms with Crippen LogP contribution in [0.25, 0.3) is 5.69 Å². The normalized spacial score (nSPS) is 13.3. The van der Waals surface area contributed by atoms with Crippen molar-refractivity contribution in [1.82, 2.24) is 20.2 Å². The average molecular weight is 337 g/mol. The largest absolute Gasteiger partial charge is 0.497 e. The lowest BCUT2D eigenvalue weighted by Gasteiger charge is -2.29. The Balaban J connectivity index is 1.95. The molecule has 25 heavy (non-hydrogen) atoms. The molecule has 0 aliphatic rings. The molecule has 0 radical (unpaired) electrons. The van der Waals surface area contributed by atoms with Gasteiger partial charge in [0.1, 0.15) is 5.75 Å². The van der Waals surface area contributed by atoms with Gasteiger partial charge in [0, 0.05) is 5.69 Å². The van der Waals surface area contributed by atoms with Gasteiger partial charge in [0.05, 0.1) is 18.3 Å². The Bertz CT molecular complexity index is 826. The minimum Gasteiger partial charge on any atom is -0.497 e. The van der Waals surface area contributed by atoms with Gasteiger partial charge in [-0.05, 0) is 67.1 Å². The summed E-state index contributed by atoms with van der Waals surface area (Å²) in [4.78, 5) is 0. The van der Waals surface area contributed by atoms with Gasteiger partial charge in [-0.2, -0.15) is 4.68 Å². The number of anilines is 1. The zero-order valence-corrected chi connectivity index (χ0v) is 15.0. The summed E-state index contributed by atoms with van der Waals surface area (Å²) in [5.74, 6) is 1.56. The van der Waals surface area contributed by atoms with E-state index in [4.69, 9.17) is 4.74 Å². The van der Waals surface area contributed by atoms with Crippen LogP contribution in [0.3, 0.4) is 0 Å². The molecule has 1 aromatic heterocycles. The van der Waals surface area contributed by atoms with Gasteiger partial charge < -0.3 is 10.1 Å². The van der Waals surface area contributed by atoms with Gasteiger partial charge in [0.15, 0.2) is 5.82 Å². The molecule has 6 nitrogen and oxygen atoms in total. The summed E-state index contributed by atoms with van der Waals surface area (Å²) in [7, 11) is 1.65. The van der Waals surface area contributed by atoms with Crippen molar-refractivity contribution in [2.45, 2.75) is 32.7 Å². The van der Waals surface area contributed by atoms with Crippen LogP contribution in [-0.2, 0) is 5.54 Å². The topological polar surface area (TPSA) is 64.9 Å². The number of nitrogens with zero attached hydrogens (tertiary/aromatic N) is 4. The van der Waals surface area contributed by atoms with Crippen molar-refractivity contribution in [3.63, 3.8) is 0 Å². The first kappa shape index (κ1) is 17.0. The predicted molar refractivity (Wildman–Crippen MR) is 98.2 cm³/mol. The molecule has 0 unspecified atom stereocenters. The third-order valence-electron chi connectivity index (χ3n) is 4.46. The van der Waals surface area contributed by atoms with Crippen molar-refractivity contribution < 1.29 is 4.74 Å². The highest BCUT2D eigenvalue weighted by Gasteiger charge is 2.31. The molecule has 0 fully saturated rings. The van der Waals surface area contributed by atoms with E-state index in [1.165, 1.54) is 5.56 Å². The number of ether oxygens (including phenoxy) is 1. The Hall–Kier alpha value is -2.89. The van der Waals surface area contributed by atoms with E-state index < -0.39 is 5.54 Å². The number of hydrogen-bond donors (Lipinski definition) is 1. The number of nitrogens with one attached hydrogen (secondary N) is 1. The SMILES string of the molecule is CC[C@@](C)(Nc1ccc(C)cc1)c1nnnn1-c1ccc(OC)cc1. The van der Waals surface area contributed by atoms with E-state index in [9.17, 15) is 0 Å². The molecule has 0 amide bonds. The quantitative estimate of drug-likeness (QED) is 0.743. The van der Waals surface area contributed by atoms with Crippen LogP contribution in [0.1, 0.15) is 31.7 Å². The van der Waals surface area contributed by atoms with E-state index in [1.807, 2.05) is 24.3 Å². The van der Waals surface area contributed by atoms with Gasteiger partial charge in [-0.3, -0.25) is 0 Å². The molecule has 0 saturated heterocycles. The second-order valence-electron chi connectivity index (χ2n) is 6.29. The van der Waals surface area contributed by atoms with Crippen molar-refractivity contribution in [2.24, 2.45) is 0 Å². The van der Waals surface area contributed by atoms with Gasteiger partial charge in [0.25, 0.3) is 0 Å². The Morgan fingerprint density at radius 2 is 1.76 bits per heavy atom. The lowest BCUT2D eigenvalue weighted by Crippen LogP contribution is -2.34. The highest BCUT2D eigenvalue weighted by atomic mass is 16.5. The van der Waals surface area contributed by atoms with E-state index in [-0.39, 0.29) is 0 Å². The molecule has 1 heterocycles. The van der Waals surface area contributed by atoms with Gasteiger partial charge in [0.2, 0.25) is 0 Å². The summed E-state index contributed by atoms with van der Waals surface area (Å²) >= 11 is 0. The maximum Gasteiger partial charge on any atom is 0.181 e. The molecule has 0 aliphatic heterocycles. The highest BCUT2D eigenvalue weighted by molar-refractivity contribution is 5.48. The number of aromatic nitrogens is 4. The maximum atomic E-state index is 5.22. The summed E-state index contributed by atoms with van der Waals surface area (Å²) in [5, 5.41) is 16.0. The van der Waals surface area contributed by atoms with Gasteiger partial charge in [-0.25, -0.2) is 0 Å². The van der Waals surface area contributed by atoms with Gasteiger partial charge in [-0.15, -0.1) is 5.10 Å². The fraction of sp³-hybridized carbons (Fsp3) is 0.316. The lowest BCUT2D eigenvalue weighted by molar-refractivity contribution is 0.414. The predicted octanol–water partition coefficient (Wildman–Crippen LogP) is 3.72. The number of tetrazole rings is 1.